The highest BCUT2D eigenvalue weighted by Crippen LogP contribution is 2.49. The van der Waals surface area contributed by atoms with E-state index < -0.39 is 11.9 Å². The fourth-order valence-electron chi connectivity index (χ4n) is 4.85. The van der Waals surface area contributed by atoms with Crippen LogP contribution >= 0.6 is 0 Å². The maximum absolute atomic E-state index is 9.55. The molecule has 0 saturated carbocycles. The third-order valence-electron chi connectivity index (χ3n) is 6.23. The molecule has 0 bridgehead atoms. The summed E-state index contributed by atoms with van der Waals surface area (Å²) in [4.78, 5) is 21.6. The first-order chi connectivity index (χ1) is 15.4. The Labute approximate surface area is 188 Å². The second kappa shape index (κ2) is 10.3. The number of carbonyl (C=O) groups is 2. The molecule has 0 radical (unpaired) electrons. The number of hydrogen-bond acceptors (Lipinski definition) is 4. The zero-order chi connectivity index (χ0) is 23.1. The van der Waals surface area contributed by atoms with Gasteiger partial charge in [0.25, 0.3) is 0 Å². The summed E-state index contributed by atoms with van der Waals surface area (Å²) in [6.07, 6.45) is 6.44. The summed E-state index contributed by atoms with van der Waals surface area (Å²) in [6, 6.07) is 15.6. The van der Waals surface area contributed by atoms with Crippen molar-refractivity contribution in [1.82, 2.24) is 4.90 Å². The summed E-state index contributed by atoms with van der Waals surface area (Å²) >= 11 is 0. The van der Waals surface area contributed by atoms with E-state index >= 15 is 0 Å². The fraction of sp³-hybridized carbons (Fsp3) is 0.308. The van der Waals surface area contributed by atoms with Gasteiger partial charge < -0.3 is 14.9 Å². The van der Waals surface area contributed by atoms with Crippen molar-refractivity contribution in [2.75, 3.05) is 26.7 Å². The number of piperidine rings is 1. The Morgan fingerprint density at radius 3 is 2.25 bits per heavy atom. The zero-order valence-corrected chi connectivity index (χ0v) is 18.3. The minimum Gasteiger partial charge on any atom is -0.496 e. The summed E-state index contributed by atoms with van der Waals surface area (Å²) in [5.41, 5.74) is 6.00. The van der Waals surface area contributed by atoms with Gasteiger partial charge in [0, 0.05) is 36.1 Å². The van der Waals surface area contributed by atoms with Gasteiger partial charge in [-0.15, -0.1) is 6.58 Å². The Morgan fingerprint density at radius 1 is 1.03 bits per heavy atom. The minimum atomic E-state index is -1.26. The van der Waals surface area contributed by atoms with Gasteiger partial charge in [-0.3, -0.25) is 4.90 Å². The standard InChI is InChI=1S/C22H25NO.C4H4O4/c1-3-13-23-14-11-22(12-15-23)19-8-5-4-7-17(19)16-18-20(22)9-6-10-21(18)24-2;5-3(6)1-2-4(7)8/h3-10H,1,11-16H2,2H3;1-2H,(H,5,6)(H,7,8)/b;2-1-. The van der Waals surface area contributed by atoms with Gasteiger partial charge in [-0.1, -0.05) is 42.5 Å². The lowest BCUT2D eigenvalue weighted by atomic mass is 9.62. The van der Waals surface area contributed by atoms with Crippen molar-refractivity contribution in [3.05, 3.63) is 89.5 Å². The predicted molar refractivity (Wildman–Crippen MR) is 123 cm³/mol. The van der Waals surface area contributed by atoms with Crippen molar-refractivity contribution in [3.63, 3.8) is 0 Å². The molecule has 1 spiro atoms. The quantitative estimate of drug-likeness (QED) is 0.548. The first-order valence-corrected chi connectivity index (χ1v) is 10.6. The minimum absolute atomic E-state index is 0.135. The van der Waals surface area contributed by atoms with E-state index in [-0.39, 0.29) is 5.41 Å². The molecule has 1 aliphatic carbocycles. The third kappa shape index (κ3) is 4.92. The number of carboxylic acid groups (broad SMARTS) is 2. The number of nitrogens with zero attached hydrogens (tertiary/aromatic N) is 1. The molecule has 168 valence electrons. The fourth-order valence-corrected chi connectivity index (χ4v) is 4.85. The second-order valence-electron chi connectivity index (χ2n) is 8.00. The number of ether oxygens (including phenoxy) is 1. The van der Waals surface area contributed by atoms with Crippen LogP contribution in [0, 0.1) is 0 Å². The number of likely N-dealkylation sites (tertiary alicyclic amines) is 1. The van der Waals surface area contributed by atoms with Crippen molar-refractivity contribution in [3.8, 4) is 5.75 Å². The van der Waals surface area contributed by atoms with Crippen molar-refractivity contribution in [2.45, 2.75) is 24.7 Å². The normalized spacial score (nSPS) is 16.4. The largest absolute Gasteiger partial charge is 0.496 e. The summed E-state index contributed by atoms with van der Waals surface area (Å²) in [5.74, 6) is -1.48. The molecule has 6 nitrogen and oxygen atoms in total. The predicted octanol–water partition coefficient (Wildman–Crippen LogP) is 3.88. The van der Waals surface area contributed by atoms with Crippen molar-refractivity contribution < 1.29 is 24.5 Å². The monoisotopic (exact) mass is 435 g/mol. The molecule has 1 heterocycles. The molecule has 4 rings (SSSR count). The van der Waals surface area contributed by atoms with Crippen LogP contribution in [0.2, 0.25) is 0 Å². The number of methoxy groups -OCH3 is 1. The Bertz CT molecular complexity index is 1000. The molecule has 0 aromatic heterocycles. The number of rotatable bonds is 5. The molecule has 0 atom stereocenters. The molecule has 0 amide bonds. The summed E-state index contributed by atoms with van der Waals surface area (Å²) < 4.78 is 5.70. The van der Waals surface area contributed by atoms with Gasteiger partial charge in [-0.05, 0) is 48.7 Å². The first-order valence-electron chi connectivity index (χ1n) is 10.6. The molecule has 2 N–H and O–H groups in total. The van der Waals surface area contributed by atoms with Crippen LogP contribution in [0.15, 0.2) is 67.3 Å². The summed E-state index contributed by atoms with van der Waals surface area (Å²) in [7, 11) is 1.79. The van der Waals surface area contributed by atoms with Crippen molar-refractivity contribution in [2.24, 2.45) is 0 Å². The molecular weight excluding hydrogens is 406 g/mol. The van der Waals surface area contributed by atoms with Gasteiger partial charge in [0.2, 0.25) is 0 Å². The van der Waals surface area contributed by atoms with Crippen LogP contribution in [0.25, 0.3) is 0 Å². The molecular formula is C26H29NO5. The molecule has 2 aromatic carbocycles. The number of benzene rings is 2. The van der Waals surface area contributed by atoms with E-state index in [2.05, 4.69) is 53.9 Å². The van der Waals surface area contributed by atoms with Gasteiger partial charge in [0.15, 0.2) is 0 Å². The maximum atomic E-state index is 9.55. The number of hydrogen-bond donors (Lipinski definition) is 2. The Balaban J connectivity index is 0.000000312. The van der Waals surface area contributed by atoms with Gasteiger partial charge in [-0.25, -0.2) is 9.59 Å². The Morgan fingerprint density at radius 2 is 1.66 bits per heavy atom. The van der Waals surface area contributed by atoms with E-state index in [4.69, 9.17) is 14.9 Å². The van der Waals surface area contributed by atoms with E-state index in [1.165, 1.54) is 22.3 Å². The molecule has 6 heteroatoms. The van der Waals surface area contributed by atoms with Crippen LogP contribution in [0.4, 0.5) is 0 Å². The number of carboxylic acids is 2. The SMILES string of the molecule is C=CCN1CCC2(CC1)c1ccccc1Cc1c(OC)cccc12.O=C(O)/C=C\C(=O)O. The third-order valence-corrected chi connectivity index (χ3v) is 6.23. The van der Waals surface area contributed by atoms with Crippen LogP contribution < -0.4 is 4.74 Å². The highest BCUT2D eigenvalue weighted by molar-refractivity contribution is 5.89. The maximum Gasteiger partial charge on any atom is 0.328 e. The average Bonchev–Trinajstić information content (AvgIpc) is 2.79. The molecule has 1 fully saturated rings. The second-order valence-corrected chi connectivity index (χ2v) is 8.00. The van der Waals surface area contributed by atoms with Crippen LogP contribution in [0.3, 0.4) is 0 Å². The average molecular weight is 436 g/mol. The molecule has 32 heavy (non-hydrogen) atoms. The lowest BCUT2D eigenvalue weighted by Gasteiger charge is -2.46. The number of fused-ring (bicyclic) bond motifs is 4. The van der Waals surface area contributed by atoms with E-state index in [0.717, 1.165) is 44.6 Å². The van der Waals surface area contributed by atoms with E-state index in [0.29, 0.717) is 12.2 Å². The summed E-state index contributed by atoms with van der Waals surface area (Å²) in [6.45, 7) is 7.13. The van der Waals surface area contributed by atoms with E-state index in [1.807, 2.05) is 6.08 Å². The smallest absolute Gasteiger partial charge is 0.328 e. The van der Waals surface area contributed by atoms with Gasteiger partial charge in [0.05, 0.1) is 7.11 Å². The van der Waals surface area contributed by atoms with Gasteiger partial charge >= 0.3 is 11.9 Å². The molecule has 1 aliphatic heterocycles. The number of aliphatic carboxylic acids is 2. The zero-order valence-electron chi connectivity index (χ0n) is 18.3. The van der Waals surface area contributed by atoms with Crippen molar-refractivity contribution in [1.29, 1.82) is 0 Å². The Kier molecular flexibility index (Phi) is 7.49. The van der Waals surface area contributed by atoms with Crippen LogP contribution in [0.1, 0.15) is 35.1 Å². The highest BCUT2D eigenvalue weighted by atomic mass is 16.5. The summed E-state index contributed by atoms with van der Waals surface area (Å²) in [5, 5.41) is 15.6. The van der Waals surface area contributed by atoms with Gasteiger partial charge in [-0.2, -0.15) is 0 Å². The van der Waals surface area contributed by atoms with Crippen molar-refractivity contribution >= 4 is 11.9 Å². The molecule has 0 unspecified atom stereocenters. The molecule has 1 saturated heterocycles. The molecule has 2 aliphatic rings. The van der Waals surface area contributed by atoms with Crippen LogP contribution in [0.5, 0.6) is 5.75 Å². The first kappa shape index (κ1) is 23.3. The lowest BCUT2D eigenvalue weighted by Crippen LogP contribution is -2.45. The van der Waals surface area contributed by atoms with Crippen LogP contribution in [-0.2, 0) is 21.4 Å². The molecule has 2 aromatic rings. The topological polar surface area (TPSA) is 87.1 Å². The highest BCUT2D eigenvalue weighted by Gasteiger charge is 2.43. The van der Waals surface area contributed by atoms with E-state index in [1.54, 1.807) is 7.11 Å². The van der Waals surface area contributed by atoms with E-state index in [9.17, 15) is 9.59 Å². The Hall–Kier alpha value is -3.38. The van der Waals surface area contributed by atoms with Crippen LogP contribution in [-0.4, -0.2) is 53.8 Å². The van der Waals surface area contributed by atoms with Gasteiger partial charge in [0.1, 0.15) is 5.75 Å². The lowest BCUT2D eigenvalue weighted by molar-refractivity contribution is -0.134.